The summed E-state index contributed by atoms with van der Waals surface area (Å²) in [5.41, 5.74) is 0. The molecule has 0 aromatic carbocycles. The van der Waals surface area contributed by atoms with Gasteiger partial charge in [-0.25, -0.2) is 0 Å². The minimum Gasteiger partial charge on any atom is -0.481 e. The fourth-order valence-electron chi connectivity index (χ4n) is 0.108. The number of halogens is 2. The van der Waals surface area contributed by atoms with Crippen LogP contribution in [-0.4, -0.2) is 13.0 Å². The van der Waals surface area contributed by atoms with Crippen LogP contribution in [0.15, 0.2) is 0 Å². The van der Waals surface area contributed by atoms with Crippen molar-refractivity contribution in [3.8, 4) is 0 Å². The van der Waals surface area contributed by atoms with E-state index in [-0.39, 0.29) is 7.85 Å². The van der Waals surface area contributed by atoms with Crippen molar-refractivity contribution >= 4 is 51.2 Å². The third-order valence-electron chi connectivity index (χ3n) is 0.767. The summed E-state index contributed by atoms with van der Waals surface area (Å²) in [5, 5.41) is 8.34. The number of hydrogen-bond acceptors (Lipinski definition) is 1. The van der Waals surface area contributed by atoms with Crippen LogP contribution in [0.4, 0.5) is 0 Å². The van der Waals surface area contributed by atoms with Crippen molar-refractivity contribution in [3.05, 3.63) is 0 Å². The zero-order valence-corrected chi connectivity index (χ0v) is 8.58. The first kappa shape index (κ1) is 8.93. The highest BCUT2D eigenvalue weighted by atomic mass is 127. The summed E-state index contributed by atoms with van der Waals surface area (Å²) in [6.45, 7) is 1.70. The van der Waals surface area contributed by atoms with Gasteiger partial charge in [0.15, 0.2) is 0 Å². The molecule has 1 N–H and O–H groups in total. The second-order valence-corrected chi connectivity index (χ2v) is 6.53. The summed E-state index contributed by atoms with van der Waals surface area (Å²) in [4.78, 5) is 10.1. The molecule has 0 saturated carbocycles. The first-order valence-electron chi connectivity index (χ1n) is 2.06. The zero-order valence-electron chi connectivity index (χ0n) is 4.27. The quantitative estimate of drug-likeness (QED) is 0.616. The molecule has 0 heterocycles. The lowest BCUT2D eigenvalue weighted by molar-refractivity contribution is -0.140. The molecule has 0 aliphatic rings. The Balaban J connectivity index is 3.64. The molecule has 0 aliphatic carbocycles. The van der Waals surface area contributed by atoms with E-state index in [9.17, 15) is 4.79 Å². The van der Waals surface area contributed by atoms with E-state index in [2.05, 4.69) is 45.2 Å². The topological polar surface area (TPSA) is 37.3 Å². The number of aliphatic carboxylic acids is 1. The maximum Gasteiger partial charge on any atom is 0.308 e. The van der Waals surface area contributed by atoms with Gasteiger partial charge in [-0.3, -0.25) is 4.79 Å². The molecule has 48 valence electrons. The van der Waals surface area contributed by atoms with Gasteiger partial charge in [0.25, 0.3) is 0 Å². The molecule has 0 saturated heterocycles. The van der Waals surface area contributed by atoms with E-state index < -0.39 is 5.97 Å². The van der Waals surface area contributed by atoms with E-state index in [1.165, 1.54) is 0 Å². The van der Waals surface area contributed by atoms with Crippen molar-refractivity contribution in [2.45, 2.75) is 8.86 Å². The molecule has 8 heavy (non-hydrogen) atoms. The number of rotatable bonds is 2. The monoisotopic (exact) mass is 340 g/mol. The lowest BCUT2D eigenvalue weighted by Crippen LogP contribution is -2.14. The maximum atomic E-state index is 10.1. The summed E-state index contributed by atoms with van der Waals surface area (Å²) in [6, 6.07) is 0. The Morgan fingerprint density at radius 2 is 2.00 bits per heavy atom. The van der Waals surface area contributed by atoms with E-state index in [1.54, 1.807) is 6.92 Å². The first-order chi connectivity index (χ1) is 3.55. The molecular weight excluding hydrogens is 334 g/mol. The molecule has 0 radical (unpaired) electrons. The molecule has 0 bridgehead atoms. The highest BCUT2D eigenvalue weighted by Crippen LogP contribution is 2.19. The summed E-state index contributed by atoms with van der Waals surface area (Å²) >= 11 is 4.18. The predicted octanol–water partition coefficient (Wildman–Crippen LogP) is 1.90. The third-order valence-corrected chi connectivity index (χ3v) is 2.92. The van der Waals surface area contributed by atoms with Crippen LogP contribution in [0, 0.1) is 5.92 Å². The van der Waals surface area contributed by atoms with Crippen LogP contribution in [0.1, 0.15) is 6.92 Å². The van der Waals surface area contributed by atoms with Crippen molar-refractivity contribution in [3.63, 3.8) is 0 Å². The molecule has 1 atom stereocenters. The van der Waals surface area contributed by atoms with Crippen LogP contribution in [0.25, 0.3) is 0 Å². The lowest BCUT2D eigenvalue weighted by atomic mass is 10.2. The summed E-state index contributed by atoms with van der Waals surface area (Å²) < 4.78 is 0.183. The van der Waals surface area contributed by atoms with Crippen molar-refractivity contribution in [1.29, 1.82) is 0 Å². The van der Waals surface area contributed by atoms with Crippen LogP contribution < -0.4 is 0 Å². The van der Waals surface area contributed by atoms with Crippen LogP contribution in [0.3, 0.4) is 0 Å². The SMILES string of the molecule is CC(C(=O)O)C(I)I. The molecule has 0 aromatic rings. The van der Waals surface area contributed by atoms with Crippen molar-refractivity contribution in [2.75, 3.05) is 0 Å². The van der Waals surface area contributed by atoms with Gasteiger partial charge in [-0.15, -0.1) is 0 Å². The van der Waals surface area contributed by atoms with Crippen LogP contribution in [0.2, 0.25) is 0 Å². The van der Waals surface area contributed by atoms with E-state index in [0.29, 0.717) is 0 Å². The summed E-state index contributed by atoms with van der Waals surface area (Å²) in [6.07, 6.45) is 0. The van der Waals surface area contributed by atoms with Crippen LogP contribution in [-0.2, 0) is 4.79 Å². The van der Waals surface area contributed by atoms with Gasteiger partial charge in [-0.2, -0.15) is 0 Å². The van der Waals surface area contributed by atoms with Gasteiger partial charge < -0.3 is 5.11 Å². The Morgan fingerprint density at radius 1 is 1.62 bits per heavy atom. The largest absolute Gasteiger partial charge is 0.481 e. The Labute approximate surface area is 75.3 Å². The van der Waals surface area contributed by atoms with Crippen molar-refractivity contribution in [2.24, 2.45) is 5.92 Å². The molecule has 0 amide bonds. The fraction of sp³-hybridized carbons (Fsp3) is 0.750. The number of hydrogen-bond donors (Lipinski definition) is 1. The van der Waals surface area contributed by atoms with Crippen LogP contribution >= 0.6 is 45.2 Å². The van der Waals surface area contributed by atoms with E-state index >= 15 is 0 Å². The molecule has 0 spiro atoms. The molecule has 0 rings (SSSR count). The highest BCUT2D eigenvalue weighted by Gasteiger charge is 2.16. The normalized spacial score (nSPS) is 14.0. The lowest BCUT2D eigenvalue weighted by Gasteiger charge is -2.04. The Bertz CT molecular complexity index is 92.0. The minimum absolute atomic E-state index is 0.183. The number of alkyl halides is 2. The predicted molar refractivity (Wildman–Crippen MR) is 48.6 cm³/mol. The Morgan fingerprint density at radius 3 is 2.00 bits per heavy atom. The van der Waals surface area contributed by atoms with E-state index in [0.717, 1.165) is 0 Å². The van der Waals surface area contributed by atoms with Gasteiger partial charge in [0, 0.05) is 0 Å². The fourth-order valence-corrected chi connectivity index (χ4v) is 0.723. The number of carbonyl (C=O) groups is 1. The van der Waals surface area contributed by atoms with Gasteiger partial charge in [0.1, 0.15) is 0 Å². The summed E-state index contributed by atoms with van der Waals surface area (Å²) in [7, 11) is 0. The first-order valence-corrected chi connectivity index (χ1v) is 4.55. The highest BCUT2D eigenvalue weighted by molar-refractivity contribution is 14.2. The average Bonchev–Trinajstić information content (AvgIpc) is 1.64. The van der Waals surface area contributed by atoms with Gasteiger partial charge >= 0.3 is 5.97 Å². The molecular formula is C4H6I2O2. The zero-order chi connectivity index (χ0) is 6.73. The smallest absolute Gasteiger partial charge is 0.308 e. The summed E-state index contributed by atoms with van der Waals surface area (Å²) in [5.74, 6) is -0.963. The van der Waals surface area contributed by atoms with Gasteiger partial charge in [0.2, 0.25) is 0 Å². The van der Waals surface area contributed by atoms with Crippen molar-refractivity contribution < 1.29 is 9.90 Å². The standard InChI is InChI=1S/C4H6I2O2/c1-2(3(5)6)4(7)8/h2-3H,1H3,(H,7,8). The van der Waals surface area contributed by atoms with E-state index in [4.69, 9.17) is 5.11 Å². The van der Waals surface area contributed by atoms with Gasteiger partial charge in [-0.1, -0.05) is 52.1 Å². The number of carboxylic acid groups (broad SMARTS) is 1. The molecule has 0 aromatic heterocycles. The molecule has 0 aliphatic heterocycles. The second kappa shape index (κ2) is 3.86. The van der Waals surface area contributed by atoms with Gasteiger partial charge in [0.05, 0.1) is 7.85 Å². The Hall–Kier alpha value is 0.930. The maximum absolute atomic E-state index is 10.1. The number of carboxylic acids is 1. The Kier molecular flexibility index (Phi) is 4.31. The second-order valence-electron chi connectivity index (χ2n) is 1.46. The van der Waals surface area contributed by atoms with Crippen LogP contribution in [0.5, 0.6) is 0 Å². The van der Waals surface area contributed by atoms with Gasteiger partial charge in [-0.05, 0) is 0 Å². The minimum atomic E-state index is -0.723. The molecule has 2 nitrogen and oxygen atoms in total. The molecule has 0 fully saturated rings. The molecule has 4 heteroatoms. The molecule has 1 unspecified atom stereocenters. The third kappa shape index (κ3) is 3.06. The van der Waals surface area contributed by atoms with Crippen molar-refractivity contribution in [1.82, 2.24) is 0 Å². The van der Waals surface area contributed by atoms with E-state index in [1.807, 2.05) is 0 Å². The average molecular weight is 340 g/mol.